The lowest BCUT2D eigenvalue weighted by atomic mass is 9.92. The van der Waals surface area contributed by atoms with E-state index in [0.717, 1.165) is 30.2 Å². The summed E-state index contributed by atoms with van der Waals surface area (Å²) in [5.74, 6) is -0.232. The zero-order valence-electron chi connectivity index (χ0n) is 13.5. The Morgan fingerprint density at radius 1 is 1.24 bits per heavy atom. The van der Waals surface area contributed by atoms with Crippen LogP contribution >= 0.6 is 27.5 Å². The molecule has 1 aliphatic carbocycles. The number of aliphatic hydroxyl groups is 1. The number of carbonyl (C=O) groups is 1. The molecule has 1 aromatic carbocycles. The van der Waals surface area contributed by atoms with Crippen LogP contribution in [0.2, 0.25) is 5.02 Å². The van der Waals surface area contributed by atoms with Gasteiger partial charge in [-0.3, -0.25) is 9.78 Å². The van der Waals surface area contributed by atoms with Gasteiger partial charge in [0.1, 0.15) is 0 Å². The van der Waals surface area contributed by atoms with E-state index in [9.17, 15) is 9.90 Å². The van der Waals surface area contributed by atoms with Crippen molar-refractivity contribution in [1.29, 1.82) is 0 Å². The Morgan fingerprint density at radius 3 is 2.80 bits per heavy atom. The lowest BCUT2D eigenvalue weighted by Gasteiger charge is -2.28. The average molecular weight is 425 g/mol. The van der Waals surface area contributed by atoms with Gasteiger partial charge in [0.2, 0.25) is 0 Å². The molecule has 0 spiro atoms. The van der Waals surface area contributed by atoms with Gasteiger partial charge in [-0.1, -0.05) is 40.4 Å². The van der Waals surface area contributed by atoms with Gasteiger partial charge in [0.25, 0.3) is 5.91 Å². The molecule has 132 valence electrons. The smallest absolute Gasteiger partial charge is 0.253 e. The van der Waals surface area contributed by atoms with Crippen molar-refractivity contribution in [3.05, 3.63) is 51.7 Å². The number of carbonyl (C=O) groups excluding carboxylic acids is 1. The molecule has 3 rings (SSSR count). The summed E-state index contributed by atoms with van der Waals surface area (Å²) in [5.41, 5.74) is 1.71. The zero-order chi connectivity index (χ0) is 17.8. The Balaban J connectivity index is 1.79. The maximum absolute atomic E-state index is 12.7. The number of hydrogen-bond acceptors (Lipinski definition) is 4. The van der Waals surface area contributed by atoms with E-state index in [-0.39, 0.29) is 11.9 Å². The first kappa shape index (κ1) is 18.2. The number of nitrogens with one attached hydrogen (secondary N) is 2. The number of anilines is 2. The third kappa shape index (κ3) is 4.51. The molecule has 0 unspecified atom stereocenters. The van der Waals surface area contributed by atoms with Crippen LogP contribution in [-0.4, -0.2) is 28.1 Å². The minimum absolute atomic E-state index is 0.210. The highest BCUT2D eigenvalue weighted by molar-refractivity contribution is 9.10. The molecule has 5 nitrogen and oxygen atoms in total. The minimum atomic E-state index is -0.489. The van der Waals surface area contributed by atoms with E-state index in [1.54, 1.807) is 24.5 Å². The Bertz CT molecular complexity index is 772. The van der Waals surface area contributed by atoms with Gasteiger partial charge in [0, 0.05) is 10.7 Å². The summed E-state index contributed by atoms with van der Waals surface area (Å²) in [6.45, 7) is 0. The summed E-state index contributed by atoms with van der Waals surface area (Å²) in [5, 5.41) is 16.7. The molecule has 0 saturated heterocycles. The predicted molar refractivity (Wildman–Crippen MR) is 102 cm³/mol. The lowest BCUT2D eigenvalue weighted by molar-refractivity contribution is 0.0718. The normalized spacial score (nSPS) is 20.1. The van der Waals surface area contributed by atoms with Gasteiger partial charge in [0.15, 0.2) is 0 Å². The van der Waals surface area contributed by atoms with Crippen LogP contribution < -0.4 is 10.6 Å². The van der Waals surface area contributed by atoms with Crippen molar-refractivity contribution in [1.82, 2.24) is 10.3 Å². The van der Waals surface area contributed by atoms with Crippen molar-refractivity contribution < 1.29 is 9.90 Å². The highest BCUT2D eigenvalue weighted by atomic mass is 79.9. The number of aliphatic hydroxyl groups excluding tert-OH is 1. The second-order valence-electron chi connectivity index (χ2n) is 6.10. The van der Waals surface area contributed by atoms with Gasteiger partial charge in [-0.25, -0.2) is 0 Å². The van der Waals surface area contributed by atoms with Gasteiger partial charge < -0.3 is 15.7 Å². The Kier molecular flexibility index (Phi) is 5.93. The first-order valence-electron chi connectivity index (χ1n) is 8.19. The van der Waals surface area contributed by atoms with Gasteiger partial charge in [0.05, 0.1) is 40.3 Å². The van der Waals surface area contributed by atoms with E-state index in [2.05, 4.69) is 31.5 Å². The highest BCUT2D eigenvalue weighted by Crippen LogP contribution is 2.29. The molecule has 1 aliphatic rings. The summed E-state index contributed by atoms with van der Waals surface area (Å²) >= 11 is 9.61. The Hall–Kier alpha value is -1.63. The van der Waals surface area contributed by atoms with Crippen LogP contribution in [0.3, 0.4) is 0 Å². The highest BCUT2D eigenvalue weighted by Gasteiger charge is 2.25. The largest absolute Gasteiger partial charge is 0.391 e. The monoisotopic (exact) mass is 423 g/mol. The van der Waals surface area contributed by atoms with E-state index in [1.165, 1.54) is 0 Å². The number of aromatic nitrogens is 1. The van der Waals surface area contributed by atoms with Crippen molar-refractivity contribution in [2.45, 2.75) is 37.8 Å². The van der Waals surface area contributed by atoms with Gasteiger partial charge >= 0.3 is 0 Å². The number of rotatable bonds is 4. The molecule has 1 saturated carbocycles. The molecule has 1 amide bonds. The van der Waals surface area contributed by atoms with Gasteiger partial charge in [-0.15, -0.1) is 0 Å². The van der Waals surface area contributed by atoms with Crippen LogP contribution in [0.5, 0.6) is 0 Å². The number of amides is 1. The first-order chi connectivity index (χ1) is 12.0. The topological polar surface area (TPSA) is 74.2 Å². The van der Waals surface area contributed by atoms with Crippen molar-refractivity contribution in [3.63, 3.8) is 0 Å². The standard InChI is InChI=1S/C18H19BrClN3O2/c19-11-5-6-14(13(20)9-11)22-16-10-21-8-7-12(16)18(25)23-15-3-1-2-4-17(15)24/h5-10,15,17,22,24H,1-4H2,(H,23,25)/t15-,17-/m1/s1. The number of hydrogen-bond donors (Lipinski definition) is 3. The summed E-state index contributed by atoms with van der Waals surface area (Å²) in [6.07, 6.45) is 6.19. The summed E-state index contributed by atoms with van der Waals surface area (Å²) in [6, 6.07) is 6.91. The molecule has 0 aliphatic heterocycles. The third-order valence-corrected chi connectivity index (χ3v) is 5.12. The molecule has 0 bridgehead atoms. The molecule has 0 radical (unpaired) electrons. The molecule has 7 heteroatoms. The van der Waals surface area contributed by atoms with Gasteiger partial charge in [-0.05, 0) is 37.1 Å². The zero-order valence-corrected chi connectivity index (χ0v) is 15.8. The van der Waals surface area contributed by atoms with Crippen LogP contribution in [0.15, 0.2) is 41.1 Å². The van der Waals surface area contributed by atoms with Crippen molar-refractivity contribution in [2.75, 3.05) is 5.32 Å². The molecule has 2 aromatic rings. The van der Waals surface area contributed by atoms with Crippen LogP contribution in [0.4, 0.5) is 11.4 Å². The summed E-state index contributed by atoms with van der Waals surface area (Å²) < 4.78 is 0.874. The second kappa shape index (κ2) is 8.17. The molecule has 1 aromatic heterocycles. The fraction of sp³-hybridized carbons (Fsp3) is 0.333. The molecule has 25 heavy (non-hydrogen) atoms. The first-order valence-corrected chi connectivity index (χ1v) is 9.36. The fourth-order valence-corrected chi connectivity index (χ4v) is 3.67. The maximum Gasteiger partial charge on any atom is 0.253 e. The van der Waals surface area contributed by atoms with E-state index in [1.807, 2.05) is 12.1 Å². The van der Waals surface area contributed by atoms with Crippen LogP contribution in [0.25, 0.3) is 0 Å². The molecule has 1 heterocycles. The SMILES string of the molecule is O=C(N[C@@H]1CCCC[C@H]1O)c1ccncc1Nc1ccc(Br)cc1Cl. The van der Waals surface area contributed by atoms with E-state index in [0.29, 0.717) is 22.0 Å². The van der Waals surface area contributed by atoms with E-state index < -0.39 is 6.10 Å². The molecular formula is C18H19BrClN3O2. The van der Waals surface area contributed by atoms with Crippen molar-refractivity contribution >= 4 is 44.8 Å². The van der Waals surface area contributed by atoms with Crippen LogP contribution in [0.1, 0.15) is 36.0 Å². The number of halogens is 2. The third-order valence-electron chi connectivity index (χ3n) is 4.31. The lowest BCUT2D eigenvalue weighted by Crippen LogP contribution is -2.45. The van der Waals surface area contributed by atoms with Crippen molar-refractivity contribution in [3.8, 4) is 0 Å². The number of nitrogens with zero attached hydrogens (tertiary/aromatic N) is 1. The van der Waals surface area contributed by atoms with E-state index in [4.69, 9.17) is 11.6 Å². The predicted octanol–water partition coefficient (Wildman–Crippen LogP) is 4.27. The number of benzene rings is 1. The molecule has 3 N–H and O–H groups in total. The second-order valence-corrected chi connectivity index (χ2v) is 7.43. The number of pyridine rings is 1. The Morgan fingerprint density at radius 2 is 2.04 bits per heavy atom. The maximum atomic E-state index is 12.7. The molecule has 1 fully saturated rings. The average Bonchev–Trinajstić information content (AvgIpc) is 2.60. The summed E-state index contributed by atoms with van der Waals surface area (Å²) in [7, 11) is 0. The van der Waals surface area contributed by atoms with Gasteiger partial charge in [-0.2, -0.15) is 0 Å². The fourth-order valence-electron chi connectivity index (χ4n) is 2.95. The van der Waals surface area contributed by atoms with Crippen LogP contribution in [-0.2, 0) is 0 Å². The molecular weight excluding hydrogens is 406 g/mol. The quantitative estimate of drug-likeness (QED) is 0.685. The minimum Gasteiger partial charge on any atom is -0.391 e. The van der Waals surface area contributed by atoms with E-state index >= 15 is 0 Å². The summed E-state index contributed by atoms with van der Waals surface area (Å²) in [4.78, 5) is 16.8. The Labute approximate surface area is 159 Å². The van der Waals surface area contributed by atoms with Crippen molar-refractivity contribution in [2.24, 2.45) is 0 Å². The molecule has 2 atom stereocenters. The van der Waals surface area contributed by atoms with Crippen LogP contribution in [0, 0.1) is 0 Å².